The lowest BCUT2D eigenvalue weighted by Crippen LogP contribution is -2.47. The number of likely N-dealkylation sites (tertiary alicyclic amines) is 1. The molecule has 3 N–H and O–H groups in total. The Labute approximate surface area is 165 Å². The molecule has 0 saturated carbocycles. The number of amides is 1. The molecule has 1 saturated heterocycles. The van der Waals surface area contributed by atoms with Crippen LogP contribution in [0.15, 0.2) is 12.1 Å². The Kier molecular flexibility index (Phi) is 8.46. The van der Waals surface area contributed by atoms with Crippen LogP contribution in [0.4, 0.5) is 5.69 Å². The molecule has 0 unspecified atom stereocenters. The number of nitrogens with zero attached hydrogens (tertiary/aromatic N) is 1. The van der Waals surface area contributed by atoms with Gasteiger partial charge in [-0.25, -0.2) is 13.1 Å². The van der Waals surface area contributed by atoms with E-state index >= 15 is 0 Å². The summed E-state index contributed by atoms with van der Waals surface area (Å²) in [6.45, 7) is 2.75. The fourth-order valence-corrected chi connectivity index (χ4v) is 4.42. The highest BCUT2D eigenvalue weighted by Gasteiger charge is 2.28. The standard InChI is InChI=1S/C16H24ClN3O4S.ClH/c1-3-8-25(22,23)19-11-4-6-20(7-5-11)16(21)12-9-13(17)14(18)10-15(12)24-2;/h9-11,19H,3-8,18H2,1-2H3;1H. The molecular formula is C16H25Cl2N3O4S. The number of rotatable bonds is 6. The van der Waals surface area contributed by atoms with Crippen molar-refractivity contribution in [1.82, 2.24) is 9.62 Å². The lowest BCUT2D eigenvalue weighted by atomic mass is 10.0. The van der Waals surface area contributed by atoms with Gasteiger partial charge in [0, 0.05) is 25.2 Å². The fourth-order valence-electron chi connectivity index (χ4n) is 2.86. The summed E-state index contributed by atoms with van der Waals surface area (Å²) in [7, 11) is -1.78. The maximum atomic E-state index is 12.7. The molecule has 0 spiro atoms. The molecule has 1 aliphatic rings. The molecular weight excluding hydrogens is 401 g/mol. The van der Waals surface area contributed by atoms with Crippen molar-refractivity contribution in [2.24, 2.45) is 0 Å². The van der Waals surface area contributed by atoms with Gasteiger partial charge in [0.1, 0.15) is 5.75 Å². The van der Waals surface area contributed by atoms with Gasteiger partial charge in [-0.15, -0.1) is 12.4 Å². The molecule has 148 valence electrons. The van der Waals surface area contributed by atoms with Gasteiger partial charge >= 0.3 is 0 Å². The number of halogens is 2. The lowest BCUT2D eigenvalue weighted by molar-refractivity contribution is 0.0708. The predicted molar refractivity (Wildman–Crippen MR) is 106 cm³/mol. The number of anilines is 1. The minimum Gasteiger partial charge on any atom is -0.496 e. The first-order valence-electron chi connectivity index (χ1n) is 8.19. The number of hydrogen-bond donors (Lipinski definition) is 2. The van der Waals surface area contributed by atoms with Crippen LogP contribution in [0.2, 0.25) is 5.02 Å². The van der Waals surface area contributed by atoms with Crippen LogP contribution in [0.3, 0.4) is 0 Å². The molecule has 1 heterocycles. The third-order valence-electron chi connectivity index (χ3n) is 4.15. The predicted octanol–water partition coefficient (Wildman–Crippen LogP) is 2.29. The van der Waals surface area contributed by atoms with E-state index in [9.17, 15) is 13.2 Å². The number of carbonyl (C=O) groups excluding carboxylic acids is 1. The van der Waals surface area contributed by atoms with Gasteiger partial charge in [-0.2, -0.15) is 0 Å². The zero-order chi connectivity index (χ0) is 18.6. The number of nitrogens with one attached hydrogen (secondary N) is 1. The number of hydrogen-bond acceptors (Lipinski definition) is 5. The Hall–Kier alpha value is -1.22. The summed E-state index contributed by atoms with van der Waals surface area (Å²) in [6.07, 6.45) is 1.71. The van der Waals surface area contributed by atoms with Crippen LogP contribution in [0.5, 0.6) is 5.75 Å². The van der Waals surface area contributed by atoms with Crippen LogP contribution in [0, 0.1) is 0 Å². The Balaban J connectivity index is 0.00000338. The van der Waals surface area contributed by atoms with E-state index in [0.717, 1.165) is 0 Å². The minimum atomic E-state index is -3.25. The van der Waals surface area contributed by atoms with Crippen LogP contribution in [-0.4, -0.2) is 51.2 Å². The van der Waals surface area contributed by atoms with Gasteiger partial charge in [0.25, 0.3) is 5.91 Å². The molecule has 7 nitrogen and oxygen atoms in total. The van der Waals surface area contributed by atoms with Gasteiger partial charge in [0.2, 0.25) is 10.0 Å². The van der Waals surface area contributed by atoms with E-state index in [1.54, 1.807) is 4.90 Å². The maximum absolute atomic E-state index is 12.7. The van der Waals surface area contributed by atoms with Gasteiger partial charge in [-0.1, -0.05) is 18.5 Å². The molecule has 2 rings (SSSR count). The van der Waals surface area contributed by atoms with Gasteiger partial charge in [0.05, 0.1) is 29.1 Å². The normalized spacial score (nSPS) is 15.4. The summed E-state index contributed by atoms with van der Waals surface area (Å²) in [5.41, 5.74) is 6.44. The summed E-state index contributed by atoms with van der Waals surface area (Å²) in [5, 5.41) is 0.298. The molecule has 10 heteroatoms. The molecule has 1 aliphatic heterocycles. The van der Waals surface area contributed by atoms with E-state index in [0.29, 0.717) is 54.4 Å². The van der Waals surface area contributed by atoms with Crippen molar-refractivity contribution in [1.29, 1.82) is 0 Å². The summed E-state index contributed by atoms with van der Waals surface area (Å²) < 4.78 is 31.6. The third kappa shape index (κ3) is 5.64. The van der Waals surface area contributed by atoms with Gasteiger partial charge < -0.3 is 15.4 Å². The molecule has 26 heavy (non-hydrogen) atoms. The number of benzene rings is 1. The number of piperidine rings is 1. The average Bonchev–Trinajstić information content (AvgIpc) is 2.56. The second-order valence-corrected chi connectivity index (χ2v) is 8.36. The second-order valence-electron chi connectivity index (χ2n) is 6.08. The maximum Gasteiger partial charge on any atom is 0.257 e. The molecule has 1 amide bonds. The number of methoxy groups -OCH3 is 1. The quantitative estimate of drug-likeness (QED) is 0.680. The highest BCUT2D eigenvalue weighted by Crippen LogP contribution is 2.30. The topological polar surface area (TPSA) is 102 Å². The summed E-state index contributed by atoms with van der Waals surface area (Å²) in [4.78, 5) is 14.4. The summed E-state index contributed by atoms with van der Waals surface area (Å²) in [6, 6.07) is 2.90. The second kappa shape index (κ2) is 9.64. The van der Waals surface area contributed by atoms with Crippen LogP contribution in [0.25, 0.3) is 0 Å². The highest BCUT2D eigenvalue weighted by atomic mass is 35.5. The van der Waals surface area contributed by atoms with Crippen LogP contribution < -0.4 is 15.2 Å². The summed E-state index contributed by atoms with van der Waals surface area (Å²) >= 11 is 6.02. The molecule has 1 aromatic carbocycles. The van der Waals surface area contributed by atoms with Gasteiger partial charge in [-0.3, -0.25) is 4.79 Å². The Morgan fingerprint density at radius 1 is 1.38 bits per heavy atom. The number of nitrogens with two attached hydrogens (primary N) is 1. The molecule has 0 atom stereocenters. The largest absolute Gasteiger partial charge is 0.496 e. The Bertz CT molecular complexity index is 735. The molecule has 0 bridgehead atoms. The highest BCUT2D eigenvalue weighted by molar-refractivity contribution is 7.89. The number of sulfonamides is 1. The molecule has 1 fully saturated rings. The van der Waals surface area contributed by atoms with Crippen molar-refractivity contribution >= 4 is 45.6 Å². The van der Waals surface area contributed by atoms with Crippen LogP contribution in [-0.2, 0) is 10.0 Å². The number of nitrogen functional groups attached to an aromatic ring is 1. The van der Waals surface area contributed by atoms with Crippen molar-refractivity contribution in [2.75, 3.05) is 31.7 Å². The van der Waals surface area contributed by atoms with E-state index in [4.69, 9.17) is 22.1 Å². The molecule has 1 aromatic rings. The molecule has 0 aromatic heterocycles. The molecule has 0 radical (unpaired) electrons. The van der Waals surface area contributed by atoms with E-state index in [-0.39, 0.29) is 30.1 Å². The number of ether oxygens (including phenoxy) is 1. The first kappa shape index (κ1) is 22.8. The minimum absolute atomic E-state index is 0. The Morgan fingerprint density at radius 2 is 2.00 bits per heavy atom. The lowest BCUT2D eigenvalue weighted by Gasteiger charge is -2.32. The van der Waals surface area contributed by atoms with Crippen molar-refractivity contribution in [2.45, 2.75) is 32.2 Å². The smallest absolute Gasteiger partial charge is 0.257 e. The van der Waals surface area contributed by atoms with Crippen LogP contribution in [0.1, 0.15) is 36.5 Å². The van der Waals surface area contributed by atoms with Crippen LogP contribution >= 0.6 is 24.0 Å². The first-order valence-corrected chi connectivity index (χ1v) is 10.2. The zero-order valence-corrected chi connectivity index (χ0v) is 17.2. The number of carbonyl (C=O) groups is 1. The molecule has 0 aliphatic carbocycles. The van der Waals surface area contributed by atoms with Gasteiger partial charge in [-0.05, 0) is 25.3 Å². The zero-order valence-electron chi connectivity index (χ0n) is 14.8. The van der Waals surface area contributed by atoms with E-state index < -0.39 is 10.0 Å². The Morgan fingerprint density at radius 3 is 2.54 bits per heavy atom. The SMILES string of the molecule is CCCS(=O)(=O)NC1CCN(C(=O)c2cc(Cl)c(N)cc2OC)CC1.Cl. The fraction of sp³-hybridized carbons (Fsp3) is 0.562. The van der Waals surface area contributed by atoms with Crippen molar-refractivity contribution in [3.05, 3.63) is 22.7 Å². The third-order valence-corrected chi connectivity index (χ3v) is 6.12. The monoisotopic (exact) mass is 425 g/mol. The van der Waals surface area contributed by atoms with E-state index in [1.807, 2.05) is 6.92 Å². The van der Waals surface area contributed by atoms with Crippen molar-refractivity contribution in [3.63, 3.8) is 0 Å². The van der Waals surface area contributed by atoms with Crippen molar-refractivity contribution < 1.29 is 17.9 Å². The van der Waals surface area contributed by atoms with E-state index in [2.05, 4.69) is 4.72 Å². The van der Waals surface area contributed by atoms with E-state index in [1.165, 1.54) is 19.2 Å². The van der Waals surface area contributed by atoms with Crippen molar-refractivity contribution in [3.8, 4) is 5.75 Å². The van der Waals surface area contributed by atoms with Gasteiger partial charge in [0.15, 0.2) is 0 Å². The first-order chi connectivity index (χ1) is 11.8. The summed E-state index contributed by atoms with van der Waals surface area (Å²) in [5.74, 6) is 0.291. The average molecular weight is 426 g/mol.